The molecule has 1 aromatic rings. The smallest absolute Gasteiger partial charge is 0.145 e. The number of H-pyrrole nitrogens is 1. The third kappa shape index (κ3) is 3.10. The quantitative estimate of drug-likeness (QED) is 0.434. The third-order valence-corrected chi connectivity index (χ3v) is 1.56. The number of nitrogens with zero attached hydrogens (tertiary/aromatic N) is 2. The molecular formula is C7H15N5O. The van der Waals surface area contributed by atoms with E-state index in [-0.39, 0.29) is 12.1 Å². The van der Waals surface area contributed by atoms with E-state index in [2.05, 4.69) is 20.6 Å². The van der Waals surface area contributed by atoms with Crippen molar-refractivity contribution < 1.29 is 4.74 Å². The number of rotatable bonds is 5. The average Bonchev–Trinajstić information content (AvgIpc) is 2.58. The standard InChI is InChI=1S/C7H15N5O/c1-5(2)13-3-6(11-8)7-9-4-10-12-7/h4-6,11H,3,8H2,1-2H3,(H,9,10,12). The van der Waals surface area contributed by atoms with Gasteiger partial charge in [0.05, 0.1) is 12.7 Å². The van der Waals surface area contributed by atoms with Gasteiger partial charge < -0.3 is 4.74 Å². The lowest BCUT2D eigenvalue weighted by molar-refractivity contribution is 0.0595. The van der Waals surface area contributed by atoms with Crippen LogP contribution in [-0.2, 0) is 4.74 Å². The zero-order valence-electron chi connectivity index (χ0n) is 7.82. The van der Waals surface area contributed by atoms with Gasteiger partial charge in [-0.2, -0.15) is 5.10 Å². The van der Waals surface area contributed by atoms with Crippen molar-refractivity contribution in [3.63, 3.8) is 0 Å². The van der Waals surface area contributed by atoms with Crippen molar-refractivity contribution in [3.05, 3.63) is 12.2 Å². The summed E-state index contributed by atoms with van der Waals surface area (Å²) < 4.78 is 5.39. The Morgan fingerprint density at radius 2 is 2.46 bits per heavy atom. The maximum absolute atomic E-state index is 5.39. The van der Waals surface area contributed by atoms with Crippen LogP contribution in [-0.4, -0.2) is 27.9 Å². The van der Waals surface area contributed by atoms with Crippen LogP contribution in [0, 0.1) is 0 Å². The topological polar surface area (TPSA) is 88.8 Å². The lowest BCUT2D eigenvalue weighted by Gasteiger charge is -2.14. The minimum absolute atomic E-state index is 0.134. The van der Waals surface area contributed by atoms with Gasteiger partial charge in [-0.15, -0.1) is 0 Å². The summed E-state index contributed by atoms with van der Waals surface area (Å²) in [6, 6.07) is -0.134. The zero-order valence-corrected chi connectivity index (χ0v) is 7.82. The van der Waals surface area contributed by atoms with E-state index in [1.165, 1.54) is 6.33 Å². The fourth-order valence-corrected chi connectivity index (χ4v) is 0.877. The largest absolute Gasteiger partial charge is 0.377 e. The molecule has 0 saturated heterocycles. The number of nitrogens with one attached hydrogen (secondary N) is 2. The maximum Gasteiger partial charge on any atom is 0.145 e. The molecule has 0 radical (unpaired) electrons. The molecule has 74 valence electrons. The second-order valence-electron chi connectivity index (χ2n) is 2.97. The van der Waals surface area contributed by atoms with Crippen molar-refractivity contribution in [2.24, 2.45) is 5.84 Å². The molecule has 0 spiro atoms. The summed E-state index contributed by atoms with van der Waals surface area (Å²) in [6.45, 7) is 4.41. The second kappa shape index (κ2) is 4.90. The molecule has 6 nitrogen and oxygen atoms in total. The molecule has 0 aliphatic carbocycles. The summed E-state index contributed by atoms with van der Waals surface area (Å²) in [5.74, 6) is 6.02. The highest BCUT2D eigenvalue weighted by Gasteiger charge is 2.12. The summed E-state index contributed by atoms with van der Waals surface area (Å²) in [5, 5.41) is 6.46. The molecule has 13 heavy (non-hydrogen) atoms. The van der Waals surface area contributed by atoms with Gasteiger partial charge in [0.2, 0.25) is 0 Å². The first-order valence-electron chi connectivity index (χ1n) is 4.17. The van der Waals surface area contributed by atoms with Gasteiger partial charge in [0.1, 0.15) is 18.2 Å². The highest BCUT2D eigenvalue weighted by atomic mass is 16.5. The molecule has 1 unspecified atom stereocenters. The summed E-state index contributed by atoms with van der Waals surface area (Å²) >= 11 is 0. The zero-order chi connectivity index (χ0) is 9.68. The van der Waals surface area contributed by atoms with E-state index < -0.39 is 0 Å². The lowest BCUT2D eigenvalue weighted by atomic mass is 10.3. The molecule has 4 N–H and O–H groups in total. The minimum Gasteiger partial charge on any atom is -0.377 e. The molecule has 6 heteroatoms. The van der Waals surface area contributed by atoms with Gasteiger partial charge in [0, 0.05) is 0 Å². The number of ether oxygens (including phenoxy) is 1. The van der Waals surface area contributed by atoms with Crippen molar-refractivity contribution in [2.75, 3.05) is 6.61 Å². The summed E-state index contributed by atoms with van der Waals surface area (Å²) in [7, 11) is 0. The molecule has 0 aliphatic rings. The average molecular weight is 185 g/mol. The third-order valence-electron chi connectivity index (χ3n) is 1.56. The van der Waals surface area contributed by atoms with Gasteiger partial charge in [-0.05, 0) is 13.8 Å². The van der Waals surface area contributed by atoms with Gasteiger partial charge in [-0.25, -0.2) is 10.4 Å². The van der Waals surface area contributed by atoms with Crippen molar-refractivity contribution >= 4 is 0 Å². The highest BCUT2D eigenvalue weighted by molar-refractivity contribution is 4.90. The van der Waals surface area contributed by atoms with Gasteiger partial charge in [-0.3, -0.25) is 10.9 Å². The van der Waals surface area contributed by atoms with E-state index in [0.29, 0.717) is 12.4 Å². The van der Waals surface area contributed by atoms with Crippen LogP contribution >= 0.6 is 0 Å². The van der Waals surface area contributed by atoms with Crippen molar-refractivity contribution in [3.8, 4) is 0 Å². The van der Waals surface area contributed by atoms with Gasteiger partial charge >= 0.3 is 0 Å². The van der Waals surface area contributed by atoms with Crippen LogP contribution in [0.5, 0.6) is 0 Å². The van der Waals surface area contributed by atoms with E-state index in [9.17, 15) is 0 Å². The Hall–Kier alpha value is -0.980. The molecule has 0 aromatic carbocycles. The Labute approximate surface area is 76.8 Å². The first kappa shape index (κ1) is 10.1. The number of aromatic amines is 1. The Morgan fingerprint density at radius 1 is 1.69 bits per heavy atom. The molecule has 1 rings (SSSR count). The number of hydrogen-bond acceptors (Lipinski definition) is 5. The Balaban J connectivity index is 2.44. The number of hydrogen-bond donors (Lipinski definition) is 3. The molecule has 0 fully saturated rings. The van der Waals surface area contributed by atoms with E-state index >= 15 is 0 Å². The number of aromatic nitrogens is 3. The van der Waals surface area contributed by atoms with E-state index in [4.69, 9.17) is 10.6 Å². The summed E-state index contributed by atoms with van der Waals surface area (Å²) in [6.07, 6.45) is 1.62. The molecular weight excluding hydrogens is 170 g/mol. The van der Waals surface area contributed by atoms with E-state index in [1.54, 1.807) is 0 Å². The molecule has 0 bridgehead atoms. The Bertz CT molecular complexity index is 223. The van der Waals surface area contributed by atoms with Crippen LogP contribution < -0.4 is 11.3 Å². The van der Waals surface area contributed by atoms with Crippen LogP contribution in [0.1, 0.15) is 25.7 Å². The van der Waals surface area contributed by atoms with Crippen molar-refractivity contribution in [2.45, 2.75) is 26.0 Å². The van der Waals surface area contributed by atoms with Gasteiger partial charge in [0.25, 0.3) is 0 Å². The highest BCUT2D eigenvalue weighted by Crippen LogP contribution is 2.05. The first-order chi connectivity index (χ1) is 6.24. The Morgan fingerprint density at radius 3 is 2.92 bits per heavy atom. The van der Waals surface area contributed by atoms with Crippen LogP contribution in [0.25, 0.3) is 0 Å². The molecule has 1 aromatic heterocycles. The predicted molar refractivity (Wildman–Crippen MR) is 47.5 cm³/mol. The van der Waals surface area contributed by atoms with Crippen molar-refractivity contribution in [1.82, 2.24) is 20.6 Å². The first-order valence-corrected chi connectivity index (χ1v) is 4.17. The molecule has 1 atom stereocenters. The maximum atomic E-state index is 5.39. The van der Waals surface area contributed by atoms with Crippen molar-refractivity contribution in [1.29, 1.82) is 0 Å². The monoisotopic (exact) mass is 185 g/mol. The number of hydrazine groups is 1. The molecule has 0 amide bonds. The van der Waals surface area contributed by atoms with Gasteiger partial charge in [0.15, 0.2) is 0 Å². The van der Waals surface area contributed by atoms with Crippen LogP contribution in [0.3, 0.4) is 0 Å². The fraction of sp³-hybridized carbons (Fsp3) is 0.714. The SMILES string of the molecule is CC(C)OCC(NN)c1ncn[nH]1. The lowest BCUT2D eigenvalue weighted by Crippen LogP contribution is -2.33. The Kier molecular flexibility index (Phi) is 3.81. The van der Waals surface area contributed by atoms with Crippen LogP contribution in [0.2, 0.25) is 0 Å². The normalized spacial score (nSPS) is 13.5. The summed E-state index contributed by atoms with van der Waals surface area (Å²) in [4.78, 5) is 3.98. The van der Waals surface area contributed by atoms with E-state index in [1.807, 2.05) is 13.8 Å². The number of nitrogens with two attached hydrogens (primary N) is 1. The van der Waals surface area contributed by atoms with Gasteiger partial charge in [-0.1, -0.05) is 0 Å². The predicted octanol–water partition coefficient (Wildman–Crippen LogP) is -0.266. The van der Waals surface area contributed by atoms with E-state index in [0.717, 1.165) is 0 Å². The second-order valence-corrected chi connectivity index (χ2v) is 2.97. The van der Waals surface area contributed by atoms with Crippen LogP contribution in [0.15, 0.2) is 6.33 Å². The molecule has 0 aliphatic heterocycles. The fourth-order valence-electron chi connectivity index (χ4n) is 0.877. The minimum atomic E-state index is -0.134. The molecule has 1 heterocycles. The molecule has 0 saturated carbocycles. The summed E-state index contributed by atoms with van der Waals surface area (Å²) in [5.41, 5.74) is 2.60. The van der Waals surface area contributed by atoms with Crippen LogP contribution in [0.4, 0.5) is 0 Å².